The number of nitrogens with one attached hydrogen (secondary N) is 2. The van der Waals surface area contributed by atoms with Crippen LogP contribution in [0.4, 0.5) is 0 Å². The summed E-state index contributed by atoms with van der Waals surface area (Å²) in [4.78, 5) is 95.3. The van der Waals surface area contributed by atoms with Crippen molar-refractivity contribution in [3.8, 4) is 0 Å². The van der Waals surface area contributed by atoms with E-state index in [0.717, 1.165) is 9.80 Å². The van der Waals surface area contributed by atoms with E-state index < -0.39 is 103 Å². The van der Waals surface area contributed by atoms with Gasteiger partial charge in [0.25, 0.3) is 0 Å². The molecule has 0 saturated carbocycles. The molecule has 47 heavy (non-hydrogen) atoms. The van der Waals surface area contributed by atoms with E-state index in [-0.39, 0.29) is 39.0 Å². The van der Waals surface area contributed by atoms with E-state index in [1.807, 2.05) is 0 Å². The van der Waals surface area contributed by atoms with Gasteiger partial charge < -0.3 is 56.4 Å². The van der Waals surface area contributed by atoms with Crippen LogP contribution < -0.4 is 16.4 Å². The lowest BCUT2D eigenvalue weighted by Crippen LogP contribution is -2.58. The number of carboxylic acids is 1. The molecule has 0 aliphatic carbocycles. The Balaban J connectivity index is 1.37. The zero-order chi connectivity index (χ0) is 34.7. The number of amides is 6. The topological polar surface area (TPSA) is 263 Å². The molecule has 0 bridgehead atoms. The van der Waals surface area contributed by atoms with E-state index in [0.29, 0.717) is 25.7 Å². The summed E-state index contributed by atoms with van der Waals surface area (Å²) in [5.74, 6) is -4.99. The number of carbonyl (C=O) groups excluding carboxylic acids is 6. The van der Waals surface area contributed by atoms with Crippen LogP contribution in [0.2, 0.25) is 0 Å². The highest BCUT2D eigenvalue weighted by atomic mass is 16.4. The molecule has 9 atom stereocenters. The summed E-state index contributed by atoms with van der Waals surface area (Å²) in [6.45, 7) is 2.25. The summed E-state index contributed by atoms with van der Waals surface area (Å²) in [7, 11) is 0. The number of β-amino-alcohol motifs (C(OH)–C–C–N with tert-alkyl or cyclic N) is 2. The fraction of sp³-hybridized carbons (Fsp3) is 0.759. The molecular weight excluding hydrogens is 622 g/mol. The number of hydrogen-bond donors (Lipinski definition) is 7. The van der Waals surface area contributed by atoms with Gasteiger partial charge in [0, 0.05) is 39.0 Å². The van der Waals surface area contributed by atoms with Crippen molar-refractivity contribution in [3.05, 3.63) is 0 Å². The monoisotopic (exact) mass is 667 g/mol. The predicted molar refractivity (Wildman–Crippen MR) is 160 cm³/mol. The molecule has 4 fully saturated rings. The number of aliphatic hydroxyl groups is 3. The molecule has 0 aromatic heterocycles. The Bertz CT molecular complexity index is 1270. The van der Waals surface area contributed by atoms with Gasteiger partial charge in [-0.05, 0) is 39.5 Å². The lowest BCUT2D eigenvalue weighted by atomic mass is 10.1. The minimum absolute atomic E-state index is 0.126. The minimum atomic E-state index is -1.31. The third kappa shape index (κ3) is 7.66. The van der Waals surface area contributed by atoms with Crippen molar-refractivity contribution in [2.75, 3.05) is 32.8 Å². The number of rotatable bonds is 10. The first-order chi connectivity index (χ1) is 22.2. The maximum atomic E-state index is 13.5. The van der Waals surface area contributed by atoms with Crippen molar-refractivity contribution >= 4 is 41.4 Å². The van der Waals surface area contributed by atoms with Crippen molar-refractivity contribution in [1.82, 2.24) is 30.2 Å². The fourth-order valence-electron chi connectivity index (χ4n) is 6.91. The number of nitrogens with two attached hydrogens (primary N) is 1. The Morgan fingerprint density at radius 2 is 1.17 bits per heavy atom. The number of carboxylic acid groups (broad SMARTS) is 1. The number of nitrogens with zero attached hydrogens (tertiary/aromatic N) is 4. The number of carbonyl (C=O) groups is 7. The van der Waals surface area contributed by atoms with Gasteiger partial charge in [-0.3, -0.25) is 28.8 Å². The van der Waals surface area contributed by atoms with Gasteiger partial charge in [0.1, 0.15) is 42.3 Å². The van der Waals surface area contributed by atoms with Crippen LogP contribution in [0.25, 0.3) is 0 Å². The molecule has 262 valence electrons. The Kier molecular flexibility index (Phi) is 11.4. The Hall–Kier alpha value is -3.87. The quantitative estimate of drug-likeness (QED) is 0.116. The van der Waals surface area contributed by atoms with Crippen molar-refractivity contribution in [2.45, 2.75) is 107 Å². The Morgan fingerprint density at radius 1 is 0.702 bits per heavy atom. The zero-order valence-corrected chi connectivity index (χ0v) is 26.5. The SMILES string of the molecule is C[C@H](NC(=O)[C@@H]1CCCN1C(=O)[C@H](C)NC(=O)[C@@H]1C[C@@H](O)CN1C(=O)[C@@H]1C[C@@H](O)CN1C(=O)[C@@H](N)CO)C(=O)N1CCC[C@H]1C(=O)O. The maximum absolute atomic E-state index is 13.5. The Labute approximate surface area is 271 Å². The van der Waals surface area contributed by atoms with Crippen LogP contribution in [0.1, 0.15) is 52.4 Å². The summed E-state index contributed by atoms with van der Waals surface area (Å²) in [5.41, 5.74) is 5.65. The second-order valence-electron chi connectivity index (χ2n) is 12.8. The van der Waals surface area contributed by atoms with Crippen molar-refractivity contribution in [3.63, 3.8) is 0 Å². The first kappa shape index (κ1) is 36.0. The molecule has 4 aliphatic rings. The van der Waals surface area contributed by atoms with E-state index in [2.05, 4.69) is 10.6 Å². The second kappa shape index (κ2) is 14.9. The van der Waals surface area contributed by atoms with Gasteiger partial charge in [0.15, 0.2) is 0 Å². The summed E-state index contributed by atoms with van der Waals surface area (Å²) in [6.07, 6.45) is -0.728. The second-order valence-corrected chi connectivity index (χ2v) is 12.8. The molecule has 4 aliphatic heterocycles. The van der Waals surface area contributed by atoms with Crippen molar-refractivity contribution in [1.29, 1.82) is 0 Å². The molecule has 18 nitrogen and oxygen atoms in total. The molecule has 4 rings (SSSR count). The molecule has 4 saturated heterocycles. The van der Waals surface area contributed by atoms with Crippen LogP contribution in [-0.2, 0) is 33.6 Å². The predicted octanol–water partition coefficient (Wildman–Crippen LogP) is -4.69. The lowest BCUT2D eigenvalue weighted by molar-refractivity contribution is -0.149. The van der Waals surface area contributed by atoms with Crippen LogP contribution in [0.15, 0.2) is 0 Å². The minimum Gasteiger partial charge on any atom is -0.480 e. The molecule has 0 spiro atoms. The average molecular weight is 668 g/mol. The smallest absolute Gasteiger partial charge is 0.326 e. The number of aliphatic hydroxyl groups excluding tert-OH is 3. The molecule has 6 amide bonds. The molecule has 8 N–H and O–H groups in total. The summed E-state index contributed by atoms with van der Waals surface area (Å²) < 4.78 is 0. The maximum Gasteiger partial charge on any atom is 0.326 e. The highest BCUT2D eigenvalue weighted by molar-refractivity contribution is 5.97. The van der Waals surface area contributed by atoms with Gasteiger partial charge in [0.2, 0.25) is 35.4 Å². The first-order valence-corrected chi connectivity index (χ1v) is 15.9. The summed E-state index contributed by atoms with van der Waals surface area (Å²) in [6, 6.07) is -7.73. The molecule has 0 radical (unpaired) electrons. The van der Waals surface area contributed by atoms with Gasteiger partial charge in [-0.15, -0.1) is 0 Å². The van der Waals surface area contributed by atoms with Gasteiger partial charge >= 0.3 is 5.97 Å². The third-order valence-corrected chi connectivity index (χ3v) is 9.34. The van der Waals surface area contributed by atoms with E-state index in [9.17, 15) is 54.0 Å². The van der Waals surface area contributed by atoms with E-state index in [1.165, 1.54) is 23.6 Å². The number of likely N-dealkylation sites (tertiary alicyclic amines) is 4. The first-order valence-electron chi connectivity index (χ1n) is 15.9. The van der Waals surface area contributed by atoms with E-state index in [4.69, 9.17) is 5.73 Å². The van der Waals surface area contributed by atoms with Gasteiger partial charge in [0.05, 0.1) is 18.8 Å². The highest BCUT2D eigenvalue weighted by Gasteiger charge is 2.48. The van der Waals surface area contributed by atoms with Crippen molar-refractivity contribution < 1.29 is 54.0 Å². The lowest BCUT2D eigenvalue weighted by Gasteiger charge is -2.32. The molecule has 0 aromatic rings. The van der Waals surface area contributed by atoms with Crippen LogP contribution in [0, 0.1) is 0 Å². The Morgan fingerprint density at radius 3 is 1.70 bits per heavy atom. The van der Waals surface area contributed by atoms with Crippen LogP contribution >= 0.6 is 0 Å². The fourth-order valence-corrected chi connectivity index (χ4v) is 6.91. The molecule has 18 heteroatoms. The van der Waals surface area contributed by atoms with Crippen LogP contribution in [0.5, 0.6) is 0 Å². The average Bonchev–Trinajstić information content (AvgIpc) is 3.84. The van der Waals surface area contributed by atoms with Gasteiger partial charge in [-0.1, -0.05) is 0 Å². The van der Waals surface area contributed by atoms with E-state index in [1.54, 1.807) is 0 Å². The molecule has 0 unspecified atom stereocenters. The van der Waals surface area contributed by atoms with Gasteiger partial charge in [-0.25, -0.2) is 4.79 Å². The zero-order valence-electron chi connectivity index (χ0n) is 26.5. The van der Waals surface area contributed by atoms with E-state index >= 15 is 0 Å². The summed E-state index contributed by atoms with van der Waals surface area (Å²) >= 11 is 0. The molecular formula is C29H45N7O11. The third-order valence-electron chi connectivity index (χ3n) is 9.34. The van der Waals surface area contributed by atoms with Crippen LogP contribution in [-0.4, -0.2) is 169 Å². The number of hydrogen-bond acceptors (Lipinski definition) is 11. The highest BCUT2D eigenvalue weighted by Crippen LogP contribution is 2.27. The number of aliphatic carboxylic acids is 1. The van der Waals surface area contributed by atoms with Crippen molar-refractivity contribution in [2.24, 2.45) is 5.73 Å². The normalized spacial score (nSPS) is 29.4. The van der Waals surface area contributed by atoms with Crippen LogP contribution in [0.3, 0.4) is 0 Å². The standard InChI is InChI=1S/C29H45N7O11/c1-14(25(42)33-7-3-5-19(33)23(40)31-15(2)26(43)34-8-4-6-20(34)29(46)47)32-24(41)21-9-16(38)11-35(21)28(45)22-10-17(39)12-36(22)27(44)18(30)13-37/h14-22,37-39H,3-13,30H2,1-2H3,(H,31,40)(H,32,41)(H,46,47)/t14-,15-,16+,17+,18-,19-,20-,21-,22-/m0/s1. The van der Waals surface area contributed by atoms with Gasteiger partial charge in [-0.2, -0.15) is 0 Å². The summed E-state index contributed by atoms with van der Waals surface area (Å²) in [5, 5.41) is 44.4. The molecule has 4 heterocycles. The molecule has 0 aromatic carbocycles. The largest absolute Gasteiger partial charge is 0.480 e.